The fourth-order valence-corrected chi connectivity index (χ4v) is 5.88. The van der Waals surface area contributed by atoms with Crippen molar-refractivity contribution in [2.75, 3.05) is 59.4 Å². The van der Waals surface area contributed by atoms with Crippen LogP contribution in [0.4, 0.5) is 0 Å². The van der Waals surface area contributed by atoms with Gasteiger partial charge in [-0.15, -0.1) is 0 Å². The van der Waals surface area contributed by atoms with Crippen LogP contribution in [0.1, 0.15) is 50.5 Å². The highest BCUT2D eigenvalue weighted by Crippen LogP contribution is 2.21. The van der Waals surface area contributed by atoms with Crippen LogP contribution in [0.15, 0.2) is 29.2 Å². The van der Waals surface area contributed by atoms with Crippen molar-refractivity contribution in [2.24, 2.45) is 0 Å². The summed E-state index contributed by atoms with van der Waals surface area (Å²) in [5.74, 6) is 0.0610. The Bertz CT molecular complexity index is 797. The average molecular weight is 465 g/mol. The molecule has 0 spiro atoms. The summed E-state index contributed by atoms with van der Waals surface area (Å²) in [6.07, 6.45) is 7.23. The fourth-order valence-electron chi connectivity index (χ4n) is 4.37. The summed E-state index contributed by atoms with van der Waals surface area (Å²) < 4.78 is 27.3. The lowest BCUT2D eigenvalue weighted by atomic mass is 10.1. The molecule has 1 N–H and O–H groups in total. The van der Waals surface area contributed by atoms with E-state index in [1.54, 1.807) is 16.4 Å². The van der Waals surface area contributed by atoms with Crippen LogP contribution in [0.3, 0.4) is 0 Å². The van der Waals surface area contributed by atoms with Gasteiger partial charge in [-0.2, -0.15) is 4.31 Å². The Morgan fingerprint density at radius 3 is 2.22 bits per heavy atom. The molecule has 32 heavy (non-hydrogen) atoms. The van der Waals surface area contributed by atoms with Crippen molar-refractivity contribution in [1.82, 2.24) is 19.4 Å². The smallest absolute Gasteiger partial charge is 0.243 e. The number of rotatable bonds is 10. The van der Waals surface area contributed by atoms with E-state index in [1.165, 1.54) is 0 Å². The molecule has 2 saturated heterocycles. The molecule has 1 aromatic carbocycles. The third-order valence-corrected chi connectivity index (χ3v) is 8.50. The molecule has 2 aliphatic rings. The number of sulfonamides is 1. The van der Waals surface area contributed by atoms with E-state index in [-0.39, 0.29) is 5.91 Å². The van der Waals surface area contributed by atoms with Gasteiger partial charge in [-0.05, 0) is 63.4 Å². The van der Waals surface area contributed by atoms with Crippen LogP contribution >= 0.6 is 0 Å². The molecule has 7 nitrogen and oxygen atoms in total. The van der Waals surface area contributed by atoms with Crippen LogP contribution in [0.5, 0.6) is 0 Å². The van der Waals surface area contributed by atoms with Gasteiger partial charge in [0.1, 0.15) is 0 Å². The number of hydrogen-bond donors (Lipinski definition) is 1. The first kappa shape index (κ1) is 25.1. The number of benzene rings is 1. The summed E-state index contributed by atoms with van der Waals surface area (Å²) in [6, 6.07) is 7.06. The lowest BCUT2D eigenvalue weighted by molar-refractivity contribution is -0.121. The Morgan fingerprint density at radius 2 is 1.56 bits per heavy atom. The van der Waals surface area contributed by atoms with Crippen LogP contribution in [0.2, 0.25) is 0 Å². The van der Waals surface area contributed by atoms with Crippen LogP contribution < -0.4 is 5.32 Å². The van der Waals surface area contributed by atoms with Gasteiger partial charge in [0.2, 0.25) is 15.9 Å². The minimum absolute atomic E-state index is 0.0610. The van der Waals surface area contributed by atoms with Crippen molar-refractivity contribution in [3.05, 3.63) is 29.8 Å². The van der Waals surface area contributed by atoms with Crippen molar-refractivity contribution in [3.63, 3.8) is 0 Å². The van der Waals surface area contributed by atoms with Crippen molar-refractivity contribution in [3.8, 4) is 0 Å². The van der Waals surface area contributed by atoms with Crippen molar-refractivity contribution >= 4 is 15.9 Å². The van der Waals surface area contributed by atoms with Gasteiger partial charge in [0.15, 0.2) is 0 Å². The highest BCUT2D eigenvalue weighted by molar-refractivity contribution is 7.89. The number of nitrogens with zero attached hydrogens (tertiary/aromatic N) is 3. The van der Waals surface area contributed by atoms with Gasteiger partial charge in [0.25, 0.3) is 0 Å². The summed E-state index contributed by atoms with van der Waals surface area (Å²) in [5, 5.41) is 3.01. The molecule has 2 aliphatic heterocycles. The van der Waals surface area contributed by atoms with Gasteiger partial charge in [0.05, 0.1) is 4.90 Å². The first-order chi connectivity index (χ1) is 15.4. The summed E-state index contributed by atoms with van der Waals surface area (Å²) in [5.41, 5.74) is 0.991. The monoisotopic (exact) mass is 464 g/mol. The molecular formula is C24H40N4O3S. The number of likely N-dealkylation sites (N-methyl/N-ethyl adjacent to an activating group) is 1. The number of carbonyl (C=O) groups is 1. The topological polar surface area (TPSA) is 73.0 Å². The molecular weight excluding hydrogens is 424 g/mol. The van der Waals surface area contributed by atoms with E-state index in [0.29, 0.717) is 30.8 Å². The molecule has 2 heterocycles. The molecule has 0 atom stereocenters. The average Bonchev–Trinajstić information content (AvgIpc) is 3.09. The molecule has 8 heteroatoms. The highest BCUT2D eigenvalue weighted by Gasteiger charge is 2.24. The molecule has 3 rings (SSSR count). The Labute approximate surface area is 194 Å². The fraction of sp³-hybridized carbons (Fsp3) is 0.708. The number of piperazine rings is 1. The van der Waals surface area contributed by atoms with Crippen molar-refractivity contribution < 1.29 is 13.2 Å². The number of unbranched alkanes of at least 4 members (excludes halogenated alkanes) is 1. The maximum Gasteiger partial charge on any atom is 0.243 e. The number of aryl methyl sites for hydroxylation is 1. The van der Waals surface area contributed by atoms with E-state index in [4.69, 9.17) is 0 Å². The van der Waals surface area contributed by atoms with E-state index in [1.807, 2.05) is 12.1 Å². The van der Waals surface area contributed by atoms with Gasteiger partial charge >= 0.3 is 0 Å². The predicted molar refractivity (Wildman–Crippen MR) is 128 cm³/mol. The summed E-state index contributed by atoms with van der Waals surface area (Å²) in [4.78, 5) is 17.4. The maximum absolute atomic E-state index is 12.9. The van der Waals surface area contributed by atoms with Crippen LogP contribution in [0.25, 0.3) is 0 Å². The van der Waals surface area contributed by atoms with Gasteiger partial charge < -0.3 is 15.1 Å². The van der Waals surface area contributed by atoms with Gasteiger partial charge in [-0.3, -0.25) is 4.79 Å². The molecule has 0 bridgehead atoms. The molecule has 0 aliphatic carbocycles. The molecule has 0 unspecified atom stereocenters. The first-order valence-corrected chi connectivity index (χ1v) is 13.7. The van der Waals surface area contributed by atoms with Crippen LogP contribution in [-0.2, 0) is 21.2 Å². The Balaban J connectivity index is 1.33. The van der Waals surface area contributed by atoms with Crippen LogP contribution in [-0.4, -0.2) is 87.8 Å². The number of carbonyl (C=O) groups excluding carboxylic acids is 1. The highest BCUT2D eigenvalue weighted by atomic mass is 32.2. The van der Waals surface area contributed by atoms with Gasteiger partial charge in [0, 0.05) is 52.2 Å². The number of nitrogens with one attached hydrogen (secondary N) is 1. The summed E-state index contributed by atoms with van der Waals surface area (Å²) in [7, 11) is -1.25. The number of amides is 1. The SMILES string of the molecule is CN1CCN(CCCCNC(=O)CCc2ccc(S(=O)(=O)N3CCCCCC3)cc2)CC1. The molecule has 0 aromatic heterocycles. The zero-order chi connectivity index (χ0) is 22.8. The largest absolute Gasteiger partial charge is 0.356 e. The van der Waals surface area contributed by atoms with Crippen LogP contribution in [0, 0.1) is 0 Å². The Morgan fingerprint density at radius 1 is 0.906 bits per heavy atom. The normalized spacial score (nSPS) is 19.5. The number of hydrogen-bond acceptors (Lipinski definition) is 5. The molecule has 2 fully saturated rings. The molecule has 1 amide bonds. The Kier molecular flexibility index (Phi) is 9.96. The quantitative estimate of drug-likeness (QED) is 0.538. The molecule has 1 aromatic rings. The zero-order valence-corrected chi connectivity index (χ0v) is 20.4. The van der Waals surface area contributed by atoms with E-state index < -0.39 is 10.0 Å². The van der Waals surface area contributed by atoms with Gasteiger partial charge in [-0.25, -0.2) is 8.42 Å². The van der Waals surface area contributed by atoms with Crippen molar-refractivity contribution in [2.45, 2.75) is 56.3 Å². The zero-order valence-electron chi connectivity index (χ0n) is 19.6. The Hall–Kier alpha value is -1.48. The second kappa shape index (κ2) is 12.7. The third kappa shape index (κ3) is 7.83. The molecule has 180 valence electrons. The lowest BCUT2D eigenvalue weighted by Crippen LogP contribution is -2.44. The van der Waals surface area contributed by atoms with E-state index in [0.717, 1.165) is 83.4 Å². The lowest BCUT2D eigenvalue weighted by Gasteiger charge is -2.32. The van der Waals surface area contributed by atoms with E-state index in [2.05, 4.69) is 22.2 Å². The molecule has 0 radical (unpaired) electrons. The first-order valence-electron chi connectivity index (χ1n) is 12.2. The molecule has 0 saturated carbocycles. The second-order valence-corrected chi connectivity index (χ2v) is 11.1. The summed E-state index contributed by atoms with van der Waals surface area (Å²) >= 11 is 0. The summed E-state index contributed by atoms with van der Waals surface area (Å²) in [6.45, 7) is 7.61. The van der Waals surface area contributed by atoms with Crippen molar-refractivity contribution in [1.29, 1.82) is 0 Å². The maximum atomic E-state index is 12.9. The minimum Gasteiger partial charge on any atom is -0.356 e. The second-order valence-electron chi connectivity index (χ2n) is 9.16. The third-order valence-electron chi connectivity index (χ3n) is 6.59. The van der Waals surface area contributed by atoms with E-state index in [9.17, 15) is 13.2 Å². The minimum atomic E-state index is -3.41. The predicted octanol–water partition coefficient (Wildman–Crippen LogP) is 2.33. The van der Waals surface area contributed by atoms with Gasteiger partial charge in [-0.1, -0.05) is 25.0 Å². The standard InChI is InChI=1S/C24H40N4O3S/c1-26-18-20-27(21-19-26)15-7-4-14-25-24(29)13-10-22-8-11-23(12-9-22)32(30,31)28-16-5-2-3-6-17-28/h8-9,11-12H,2-7,10,13-21H2,1H3,(H,25,29). The van der Waals surface area contributed by atoms with E-state index >= 15 is 0 Å².